The molecule has 2 rings (SSSR count). The van der Waals surface area contributed by atoms with E-state index in [2.05, 4.69) is 5.32 Å². The van der Waals surface area contributed by atoms with Crippen molar-refractivity contribution in [1.29, 1.82) is 0 Å². The maximum Gasteiger partial charge on any atom is 0.227 e. The number of aliphatic hydroxyl groups excluding tert-OH is 1. The van der Waals surface area contributed by atoms with Crippen LogP contribution in [-0.4, -0.2) is 36.1 Å². The minimum Gasteiger partial charge on any atom is -0.393 e. The van der Waals surface area contributed by atoms with Crippen molar-refractivity contribution < 1.29 is 14.7 Å². The highest BCUT2D eigenvalue weighted by Crippen LogP contribution is 2.26. The van der Waals surface area contributed by atoms with Gasteiger partial charge < -0.3 is 15.3 Å². The Hall–Kier alpha value is -1.88. The van der Waals surface area contributed by atoms with Crippen LogP contribution in [0.1, 0.15) is 44.2 Å². The molecule has 0 unspecified atom stereocenters. The first kappa shape index (κ1) is 19.4. The Kier molecular flexibility index (Phi) is 6.59. The molecule has 1 heterocycles. The van der Waals surface area contributed by atoms with Crippen molar-refractivity contribution in [2.45, 2.75) is 53.1 Å². The van der Waals surface area contributed by atoms with Crippen LogP contribution in [0.25, 0.3) is 0 Å². The molecule has 5 nitrogen and oxygen atoms in total. The largest absolute Gasteiger partial charge is 0.393 e. The van der Waals surface area contributed by atoms with Crippen molar-refractivity contribution in [3.05, 3.63) is 29.3 Å². The van der Waals surface area contributed by atoms with E-state index in [1.165, 1.54) is 5.56 Å². The summed E-state index contributed by atoms with van der Waals surface area (Å²) >= 11 is 0. The summed E-state index contributed by atoms with van der Waals surface area (Å²) in [4.78, 5) is 26.5. The van der Waals surface area contributed by atoms with E-state index in [1.54, 1.807) is 11.8 Å². The predicted molar refractivity (Wildman–Crippen MR) is 99.5 cm³/mol. The van der Waals surface area contributed by atoms with Gasteiger partial charge in [0.15, 0.2) is 0 Å². The summed E-state index contributed by atoms with van der Waals surface area (Å²) in [6.07, 6.45) is 1.29. The Morgan fingerprint density at radius 1 is 1.32 bits per heavy atom. The summed E-state index contributed by atoms with van der Waals surface area (Å²) in [7, 11) is 0. The van der Waals surface area contributed by atoms with E-state index in [0.29, 0.717) is 32.4 Å². The number of amides is 2. The van der Waals surface area contributed by atoms with Crippen LogP contribution >= 0.6 is 0 Å². The molecule has 138 valence electrons. The molecular formula is C20H30N2O3. The van der Waals surface area contributed by atoms with Crippen molar-refractivity contribution in [3.8, 4) is 0 Å². The Balaban J connectivity index is 1.98. The van der Waals surface area contributed by atoms with Crippen molar-refractivity contribution in [2.75, 3.05) is 18.0 Å². The van der Waals surface area contributed by atoms with E-state index >= 15 is 0 Å². The Morgan fingerprint density at radius 3 is 2.68 bits per heavy atom. The van der Waals surface area contributed by atoms with Crippen molar-refractivity contribution >= 4 is 17.5 Å². The third-order valence-electron chi connectivity index (χ3n) is 4.95. The number of hydrogen-bond acceptors (Lipinski definition) is 3. The summed E-state index contributed by atoms with van der Waals surface area (Å²) in [5.41, 5.74) is 3.20. The SMILES string of the molecule is Cc1ccc(N2C[C@H](C(=O)NC[C@H](C)C[C@@H](C)O)CCC2=O)cc1C. The zero-order chi connectivity index (χ0) is 18.6. The van der Waals surface area contributed by atoms with Crippen molar-refractivity contribution in [2.24, 2.45) is 11.8 Å². The second-order valence-corrected chi connectivity index (χ2v) is 7.44. The zero-order valence-corrected chi connectivity index (χ0v) is 15.7. The maximum atomic E-state index is 12.5. The van der Waals surface area contributed by atoms with Gasteiger partial charge in [-0.1, -0.05) is 13.0 Å². The van der Waals surface area contributed by atoms with E-state index in [-0.39, 0.29) is 29.8 Å². The molecule has 3 atom stereocenters. The lowest BCUT2D eigenvalue weighted by molar-refractivity contribution is -0.127. The van der Waals surface area contributed by atoms with E-state index in [4.69, 9.17) is 0 Å². The smallest absolute Gasteiger partial charge is 0.227 e. The second-order valence-electron chi connectivity index (χ2n) is 7.44. The standard InChI is InChI=1S/C20H30N2O3/c1-13(9-16(4)23)11-21-20(25)17-6-8-19(24)22(12-17)18-7-5-14(2)15(3)10-18/h5,7,10,13,16-17,23H,6,8-9,11-12H2,1-4H3,(H,21,25)/t13-,16-,17-/m1/s1. The van der Waals surface area contributed by atoms with Crippen molar-refractivity contribution in [1.82, 2.24) is 5.32 Å². The average molecular weight is 346 g/mol. The molecular weight excluding hydrogens is 316 g/mol. The van der Waals surface area contributed by atoms with Gasteiger partial charge >= 0.3 is 0 Å². The second kappa shape index (κ2) is 8.48. The Labute approximate surface area is 150 Å². The van der Waals surface area contributed by atoms with Gasteiger partial charge in [-0.05, 0) is 62.8 Å². The average Bonchev–Trinajstić information content (AvgIpc) is 2.55. The quantitative estimate of drug-likeness (QED) is 0.832. The molecule has 1 aliphatic rings. The molecule has 0 radical (unpaired) electrons. The van der Waals surface area contributed by atoms with E-state index in [9.17, 15) is 14.7 Å². The van der Waals surface area contributed by atoms with Gasteiger partial charge in [-0.25, -0.2) is 0 Å². The number of rotatable bonds is 6. The number of aliphatic hydroxyl groups is 1. The van der Waals surface area contributed by atoms with E-state index < -0.39 is 0 Å². The van der Waals surface area contributed by atoms with Crippen molar-refractivity contribution in [3.63, 3.8) is 0 Å². The number of nitrogens with one attached hydrogen (secondary N) is 1. The minimum atomic E-state index is -0.362. The number of benzene rings is 1. The molecule has 2 N–H and O–H groups in total. The van der Waals surface area contributed by atoms with Gasteiger partial charge in [-0.2, -0.15) is 0 Å². The highest BCUT2D eigenvalue weighted by Gasteiger charge is 2.31. The van der Waals surface area contributed by atoms with Crippen LogP contribution in [0, 0.1) is 25.7 Å². The normalized spacial score (nSPS) is 20.3. The predicted octanol–water partition coefficient (Wildman–Crippen LogP) is 2.57. The van der Waals surface area contributed by atoms with Gasteiger partial charge in [0.1, 0.15) is 0 Å². The molecule has 2 amide bonds. The molecule has 0 saturated carbocycles. The molecule has 0 spiro atoms. The molecule has 1 saturated heterocycles. The molecule has 25 heavy (non-hydrogen) atoms. The lowest BCUT2D eigenvalue weighted by Crippen LogP contribution is -2.46. The molecule has 0 aromatic heterocycles. The fraction of sp³-hybridized carbons (Fsp3) is 0.600. The lowest BCUT2D eigenvalue weighted by Gasteiger charge is -2.32. The van der Waals surface area contributed by atoms with Crippen LogP contribution in [0.3, 0.4) is 0 Å². The summed E-state index contributed by atoms with van der Waals surface area (Å²) in [5.74, 6) is 0.122. The molecule has 1 aliphatic heterocycles. The number of hydrogen-bond donors (Lipinski definition) is 2. The zero-order valence-electron chi connectivity index (χ0n) is 15.7. The minimum absolute atomic E-state index is 0.00113. The maximum absolute atomic E-state index is 12.5. The first-order valence-corrected chi connectivity index (χ1v) is 9.11. The van der Waals surface area contributed by atoms with Gasteiger partial charge in [0.25, 0.3) is 0 Å². The molecule has 1 fully saturated rings. The monoisotopic (exact) mass is 346 g/mol. The highest BCUT2D eigenvalue weighted by atomic mass is 16.3. The molecule has 0 bridgehead atoms. The first-order valence-electron chi connectivity index (χ1n) is 9.11. The van der Waals surface area contributed by atoms with Gasteiger partial charge in [-0.3, -0.25) is 9.59 Å². The lowest BCUT2D eigenvalue weighted by atomic mass is 9.95. The Morgan fingerprint density at radius 2 is 2.04 bits per heavy atom. The fourth-order valence-electron chi connectivity index (χ4n) is 3.29. The first-order chi connectivity index (χ1) is 11.8. The number of anilines is 1. The summed E-state index contributed by atoms with van der Waals surface area (Å²) in [6.45, 7) is 8.82. The van der Waals surface area contributed by atoms with Crippen LogP contribution in [-0.2, 0) is 9.59 Å². The fourth-order valence-corrected chi connectivity index (χ4v) is 3.29. The summed E-state index contributed by atoms with van der Waals surface area (Å²) in [5, 5.41) is 12.4. The van der Waals surface area contributed by atoms with Gasteiger partial charge in [0.05, 0.1) is 12.0 Å². The Bertz CT molecular complexity index is 627. The van der Waals surface area contributed by atoms with Gasteiger partial charge in [-0.15, -0.1) is 0 Å². The van der Waals surface area contributed by atoms with Crippen LogP contribution in [0.15, 0.2) is 18.2 Å². The van der Waals surface area contributed by atoms with Crippen LogP contribution in [0.2, 0.25) is 0 Å². The highest BCUT2D eigenvalue weighted by molar-refractivity contribution is 5.96. The third kappa shape index (κ3) is 5.30. The number of piperidine rings is 1. The van der Waals surface area contributed by atoms with E-state index in [0.717, 1.165) is 11.3 Å². The van der Waals surface area contributed by atoms with Crippen LogP contribution in [0.4, 0.5) is 5.69 Å². The summed E-state index contributed by atoms with van der Waals surface area (Å²) < 4.78 is 0. The number of carbonyl (C=O) groups excluding carboxylic acids is 2. The molecule has 0 aliphatic carbocycles. The molecule has 1 aromatic rings. The molecule has 1 aromatic carbocycles. The van der Waals surface area contributed by atoms with E-state index in [1.807, 2.05) is 39.0 Å². The number of carbonyl (C=O) groups is 2. The number of nitrogens with zero attached hydrogens (tertiary/aromatic N) is 1. The topological polar surface area (TPSA) is 69.6 Å². The van der Waals surface area contributed by atoms with Gasteiger partial charge in [0, 0.05) is 25.2 Å². The van der Waals surface area contributed by atoms with Crippen LogP contribution in [0.5, 0.6) is 0 Å². The molecule has 5 heteroatoms. The van der Waals surface area contributed by atoms with Gasteiger partial charge in [0.2, 0.25) is 11.8 Å². The number of aryl methyl sites for hydroxylation is 2. The van der Waals surface area contributed by atoms with Crippen LogP contribution < -0.4 is 10.2 Å². The summed E-state index contributed by atoms with van der Waals surface area (Å²) in [6, 6.07) is 5.98. The third-order valence-corrected chi connectivity index (χ3v) is 4.95.